The molecule has 0 bridgehead atoms. The minimum atomic E-state index is -0.559. The third-order valence-electron chi connectivity index (χ3n) is 4.24. The summed E-state index contributed by atoms with van der Waals surface area (Å²) in [6, 6.07) is 1.80. The van der Waals surface area contributed by atoms with Gasteiger partial charge >= 0.3 is 5.69 Å². The Balaban J connectivity index is 2.04. The number of aliphatic hydroxyl groups excluding tert-OH is 1. The summed E-state index contributed by atoms with van der Waals surface area (Å²) >= 11 is 0. The molecule has 2 atom stereocenters. The molecule has 116 valence electrons. The number of hydrogen-bond acceptors (Lipinski definition) is 5. The normalized spacial score (nSPS) is 20.4. The van der Waals surface area contributed by atoms with Gasteiger partial charge in [-0.3, -0.25) is 9.78 Å². The fraction of sp³-hybridized carbons (Fsp3) is 0.467. The Hall–Kier alpha value is -2.28. The SMILES string of the molecule is CC(C)[C@H]1C[C@@H]1c1cc(-c2c[nH]c(=O)[nH]c2=O)nnc1CO. The van der Waals surface area contributed by atoms with Crippen molar-refractivity contribution < 1.29 is 5.11 Å². The van der Waals surface area contributed by atoms with E-state index in [4.69, 9.17) is 0 Å². The Labute approximate surface area is 126 Å². The lowest BCUT2D eigenvalue weighted by atomic mass is 10.0. The van der Waals surface area contributed by atoms with E-state index in [1.165, 1.54) is 6.20 Å². The first kappa shape index (κ1) is 14.6. The molecule has 7 nitrogen and oxygen atoms in total. The molecule has 3 N–H and O–H groups in total. The monoisotopic (exact) mass is 302 g/mol. The van der Waals surface area contributed by atoms with Gasteiger partial charge < -0.3 is 10.1 Å². The molecule has 0 unspecified atom stereocenters. The van der Waals surface area contributed by atoms with Crippen LogP contribution in [-0.2, 0) is 6.61 Å². The van der Waals surface area contributed by atoms with Crippen molar-refractivity contribution in [2.24, 2.45) is 11.8 Å². The van der Waals surface area contributed by atoms with Crippen LogP contribution in [0.3, 0.4) is 0 Å². The molecule has 0 aliphatic heterocycles. The maximum absolute atomic E-state index is 11.9. The zero-order valence-electron chi connectivity index (χ0n) is 12.5. The topological polar surface area (TPSA) is 112 Å². The smallest absolute Gasteiger partial charge is 0.325 e. The third-order valence-corrected chi connectivity index (χ3v) is 4.24. The first-order valence-corrected chi connectivity index (χ1v) is 7.31. The molecule has 2 aromatic heterocycles. The number of aromatic nitrogens is 4. The average molecular weight is 302 g/mol. The van der Waals surface area contributed by atoms with E-state index >= 15 is 0 Å². The number of aliphatic hydroxyl groups is 1. The van der Waals surface area contributed by atoms with Crippen LogP contribution in [0.4, 0.5) is 0 Å². The highest BCUT2D eigenvalue weighted by Gasteiger charge is 2.41. The lowest BCUT2D eigenvalue weighted by Crippen LogP contribution is -2.23. The molecule has 3 rings (SSSR count). The van der Waals surface area contributed by atoms with E-state index in [0.717, 1.165) is 12.0 Å². The summed E-state index contributed by atoms with van der Waals surface area (Å²) < 4.78 is 0. The highest BCUT2D eigenvalue weighted by Crippen LogP contribution is 2.52. The third kappa shape index (κ3) is 2.59. The van der Waals surface area contributed by atoms with Gasteiger partial charge in [0.25, 0.3) is 5.56 Å². The van der Waals surface area contributed by atoms with Gasteiger partial charge in [0.1, 0.15) is 5.69 Å². The molecule has 1 aliphatic rings. The zero-order chi connectivity index (χ0) is 15.9. The zero-order valence-corrected chi connectivity index (χ0v) is 12.5. The summed E-state index contributed by atoms with van der Waals surface area (Å²) in [4.78, 5) is 27.6. The summed E-state index contributed by atoms with van der Waals surface area (Å²) in [7, 11) is 0. The molecule has 0 spiro atoms. The number of hydrogen-bond donors (Lipinski definition) is 3. The van der Waals surface area contributed by atoms with Crippen molar-refractivity contribution in [3.05, 3.63) is 44.4 Å². The van der Waals surface area contributed by atoms with Crippen molar-refractivity contribution in [3.8, 4) is 11.3 Å². The Bertz CT molecular complexity index is 809. The number of rotatable bonds is 4. The van der Waals surface area contributed by atoms with Gasteiger partial charge in [0.05, 0.1) is 17.9 Å². The van der Waals surface area contributed by atoms with Crippen LogP contribution >= 0.6 is 0 Å². The van der Waals surface area contributed by atoms with E-state index in [2.05, 4.69) is 34.0 Å². The Kier molecular flexibility index (Phi) is 3.66. The number of nitrogens with zero attached hydrogens (tertiary/aromatic N) is 2. The summed E-state index contributed by atoms with van der Waals surface area (Å²) in [5.41, 5.74) is 1.10. The molecule has 22 heavy (non-hydrogen) atoms. The molecule has 2 aromatic rings. The Morgan fingerprint density at radius 3 is 2.73 bits per heavy atom. The number of aromatic amines is 2. The van der Waals surface area contributed by atoms with Crippen LogP contribution in [0.5, 0.6) is 0 Å². The molecular weight excluding hydrogens is 284 g/mol. The molecule has 0 aromatic carbocycles. The lowest BCUT2D eigenvalue weighted by Gasteiger charge is -2.09. The quantitative estimate of drug-likeness (QED) is 0.772. The van der Waals surface area contributed by atoms with Gasteiger partial charge in [0.2, 0.25) is 0 Å². The van der Waals surface area contributed by atoms with Gasteiger partial charge in [0.15, 0.2) is 0 Å². The van der Waals surface area contributed by atoms with Gasteiger partial charge in [-0.2, -0.15) is 5.10 Å². The molecule has 2 heterocycles. The molecule has 1 saturated carbocycles. The van der Waals surface area contributed by atoms with Crippen molar-refractivity contribution in [2.75, 3.05) is 0 Å². The highest BCUT2D eigenvalue weighted by molar-refractivity contribution is 5.57. The molecule has 0 amide bonds. The van der Waals surface area contributed by atoms with Crippen LogP contribution in [0.25, 0.3) is 11.3 Å². The summed E-state index contributed by atoms with van der Waals surface area (Å²) in [6.07, 6.45) is 2.39. The second-order valence-electron chi connectivity index (χ2n) is 6.03. The Morgan fingerprint density at radius 2 is 2.14 bits per heavy atom. The van der Waals surface area contributed by atoms with Gasteiger partial charge in [-0.05, 0) is 35.8 Å². The van der Waals surface area contributed by atoms with Crippen LogP contribution in [0.15, 0.2) is 21.9 Å². The van der Waals surface area contributed by atoms with Crippen LogP contribution in [0, 0.1) is 11.8 Å². The summed E-state index contributed by atoms with van der Waals surface area (Å²) in [5, 5.41) is 17.5. The van der Waals surface area contributed by atoms with Crippen molar-refractivity contribution in [2.45, 2.75) is 32.8 Å². The minimum absolute atomic E-state index is 0.175. The van der Waals surface area contributed by atoms with Gasteiger partial charge in [-0.15, -0.1) is 5.10 Å². The maximum Gasteiger partial charge on any atom is 0.325 e. The van der Waals surface area contributed by atoms with E-state index in [1.54, 1.807) is 6.07 Å². The number of H-pyrrole nitrogens is 2. The summed E-state index contributed by atoms with van der Waals surface area (Å²) in [6.45, 7) is 4.17. The minimum Gasteiger partial charge on any atom is -0.390 e. The van der Waals surface area contributed by atoms with Crippen LogP contribution < -0.4 is 11.2 Å². The van der Waals surface area contributed by atoms with Gasteiger partial charge in [0, 0.05) is 6.20 Å². The van der Waals surface area contributed by atoms with Gasteiger partial charge in [-0.1, -0.05) is 13.8 Å². The Morgan fingerprint density at radius 1 is 1.36 bits per heavy atom. The molecule has 0 saturated heterocycles. The van der Waals surface area contributed by atoms with Crippen molar-refractivity contribution >= 4 is 0 Å². The predicted octanol–water partition coefficient (Wildman–Crippen LogP) is 0.772. The van der Waals surface area contributed by atoms with E-state index in [1.807, 2.05) is 0 Å². The van der Waals surface area contributed by atoms with Crippen LogP contribution in [-0.4, -0.2) is 25.3 Å². The van der Waals surface area contributed by atoms with Gasteiger partial charge in [-0.25, -0.2) is 4.79 Å². The maximum atomic E-state index is 11.9. The average Bonchev–Trinajstić information content (AvgIpc) is 3.27. The second kappa shape index (κ2) is 5.49. The molecule has 1 fully saturated rings. The van der Waals surface area contributed by atoms with Crippen molar-refractivity contribution in [1.29, 1.82) is 0 Å². The second-order valence-corrected chi connectivity index (χ2v) is 6.03. The summed E-state index contributed by atoms with van der Waals surface area (Å²) in [5.74, 6) is 1.47. The fourth-order valence-corrected chi connectivity index (χ4v) is 2.92. The first-order valence-electron chi connectivity index (χ1n) is 7.31. The van der Waals surface area contributed by atoms with E-state index in [9.17, 15) is 14.7 Å². The fourth-order valence-electron chi connectivity index (χ4n) is 2.92. The first-order chi connectivity index (χ1) is 10.5. The molecule has 0 radical (unpaired) electrons. The van der Waals surface area contributed by atoms with Crippen molar-refractivity contribution in [1.82, 2.24) is 20.2 Å². The lowest BCUT2D eigenvalue weighted by molar-refractivity contribution is 0.273. The largest absolute Gasteiger partial charge is 0.390 e. The van der Waals surface area contributed by atoms with E-state index in [0.29, 0.717) is 29.1 Å². The number of nitrogens with one attached hydrogen (secondary N) is 2. The van der Waals surface area contributed by atoms with Crippen molar-refractivity contribution in [3.63, 3.8) is 0 Å². The molecule has 7 heteroatoms. The van der Waals surface area contributed by atoms with E-state index < -0.39 is 11.2 Å². The van der Waals surface area contributed by atoms with Crippen LogP contribution in [0.1, 0.15) is 37.4 Å². The molecular formula is C15H18N4O3. The standard InChI is InChI=1S/C15H18N4O3/c1-7(2)8-3-9(8)10-4-12(18-19-13(10)6-20)11-5-16-15(22)17-14(11)21/h4-5,7-9,20H,3,6H2,1-2H3,(H2,16,17,21,22)/t8-,9+/m1/s1. The molecule has 1 aliphatic carbocycles. The van der Waals surface area contributed by atoms with Crippen LogP contribution in [0.2, 0.25) is 0 Å². The predicted molar refractivity (Wildman–Crippen MR) is 80.3 cm³/mol. The van der Waals surface area contributed by atoms with E-state index in [-0.39, 0.29) is 12.2 Å². The highest BCUT2D eigenvalue weighted by atomic mass is 16.3.